The second kappa shape index (κ2) is 10.5. The van der Waals surface area contributed by atoms with Crippen LogP contribution in [-0.4, -0.2) is 54.2 Å². The minimum absolute atomic E-state index is 0.0227. The van der Waals surface area contributed by atoms with Crippen LogP contribution in [0.2, 0.25) is 0 Å². The molecule has 0 radical (unpaired) electrons. The van der Waals surface area contributed by atoms with E-state index >= 15 is 0 Å². The van der Waals surface area contributed by atoms with Gasteiger partial charge < -0.3 is 10.2 Å². The van der Waals surface area contributed by atoms with Crippen LogP contribution in [0, 0.1) is 28.5 Å². The first-order valence-corrected chi connectivity index (χ1v) is 16.4. The van der Waals surface area contributed by atoms with Crippen molar-refractivity contribution in [3.63, 3.8) is 0 Å². The van der Waals surface area contributed by atoms with Gasteiger partial charge in [0, 0.05) is 42.4 Å². The Labute approximate surface area is 246 Å². The number of amides is 1. The largest absolute Gasteiger partial charge is 0.369 e. The molecule has 0 spiro atoms. The molecule has 8 nitrogen and oxygen atoms in total. The molecule has 2 aromatic carbocycles. The molecule has 0 bridgehead atoms. The van der Waals surface area contributed by atoms with Crippen LogP contribution in [-0.2, 0) is 14.6 Å². The zero-order chi connectivity index (χ0) is 29.7. The summed E-state index contributed by atoms with van der Waals surface area (Å²) in [5.74, 6) is -0.620. The molecule has 0 unspecified atom stereocenters. The number of nitriles is 1. The van der Waals surface area contributed by atoms with Crippen molar-refractivity contribution >= 4 is 21.4 Å². The Morgan fingerprint density at radius 3 is 2.29 bits per heavy atom. The van der Waals surface area contributed by atoms with Gasteiger partial charge in [-0.25, -0.2) is 17.5 Å². The topological polar surface area (TPSA) is 108 Å². The number of nitrogens with one attached hydrogen (secondary N) is 1. The number of carbonyl (C=O) groups is 1. The molecule has 2 atom stereocenters. The summed E-state index contributed by atoms with van der Waals surface area (Å²) in [6.07, 6.45) is 5.69. The molecule has 3 aromatic rings. The van der Waals surface area contributed by atoms with E-state index in [-0.39, 0.29) is 40.5 Å². The van der Waals surface area contributed by atoms with Gasteiger partial charge in [-0.1, -0.05) is 26.0 Å². The number of hydrogen-bond acceptors (Lipinski definition) is 6. The predicted molar refractivity (Wildman–Crippen MR) is 159 cm³/mol. The van der Waals surface area contributed by atoms with Gasteiger partial charge in [0.15, 0.2) is 9.84 Å². The maximum absolute atomic E-state index is 13.7. The number of carbonyl (C=O) groups excluding carboxylic acids is 1. The van der Waals surface area contributed by atoms with Crippen LogP contribution in [0.15, 0.2) is 54.7 Å². The highest BCUT2D eigenvalue weighted by atomic mass is 32.2. The summed E-state index contributed by atoms with van der Waals surface area (Å²) in [6, 6.07) is 16.5. The smallest absolute Gasteiger partial charge is 0.225 e. The fourth-order valence-corrected chi connectivity index (χ4v) is 7.54. The summed E-state index contributed by atoms with van der Waals surface area (Å²) in [4.78, 5) is 15.8. The minimum atomic E-state index is -2.98. The van der Waals surface area contributed by atoms with Crippen LogP contribution in [0.3, 0.4) is 0 Å². The molecule has 1 N–H and O–H groups in total. The lowest BCUT2D eigenvalue weighted by Crippen LogP contribution is -2.45. The van der Waals surface area contributed by atoms with E-state index in [4.69, 9.17) is 5.10 Å². The van der Waals surface area contributed by atoms with E-state index in [9.17, 15) is 22.9 Å². The standard InChI is InChI=1S/C32H36FN5O3S/c1-31(2)12-11-26(27(19-31)30(39)35-32(21-34)13-14-32)29-28(20-38(36-29)25-9-5-23(33)6-10-25)22-3-7-24(8-4-22)37-15-17-42(40,41)18-16-37/h3-10,20,26-27H,11-19H2,1-2H3,(H,35,39)/t26-,27-/m1/s1. The highest BCUT2D eigenvalue weighted by molar-refractivity contribution is 7.91. The number of benzene rings is 2. The van der Waals surface area contributed by atoms with Crippen molar-refractivity contribution in [3.05, 3.63) is 66.2 Å². The van der Waals surface area contributed by atoms with E-state index in [1.165, 1.54) is 12.1 Å². The predicted octanol–water partition coefficient (Wildman–Crippen LogP) is 5.00. The van der Waals surface area contributed by atoms with Gasteiger partial charge in [-0.05, 0) is 79.5 Å². The molecule has 2 aliphatic carbocycles. The lowest BCUT2D eigenvalue weighted by molar-refractivity contribution is -0.128. The van der Waals surface area contributed by atoms with E-state index in [0.29, 0.717) is 38.0 Å². The molecule has 220 valence electrons. The molecule has 10 heteroatoms. The molecule has 3 fully saturated rings. The van der Waals surface area contributed by atoms with Crippen molar-refractivity contribution < 1.29 is 17.6 Å². The van der Waals surface area contributed by atoms with Crippen molar-refractivity contribution in [2.75, 3.05) is 29.5 Å². The highest BCUT2D eigenvalue weighted by Crippen LogP contribution is 2.49. The average Bonchev–Trinajstić information content (AvgIpc) is 3.60. The molecule has 6 rings (SSSR count). The lowest BCUT2D eigenvalue weighted by Gasteiger charge is -2.40. The monoisotopic (exact) mass is 589 g/mol. The van der Waals surface area contributed by atoms with Crippen LogP contribution >= 0.6 is 0 Å². The number of halogens is 1. The summed E-state index contributed by atoms with van der Waals surface area (Å²) in [5.41, 5.74) is 3.56. The number of rotatable bonds is 6. The summed E-state index contributed by atoms with van der Waals surface area (Å²) < 4.78 is 39.3. The van der Waals surface area contributed by atoms with Crippen LogP contribution < -0.4 is 10.2 Å². The third-order valence-electron chi connectivity index (χ3n) is 9.13. The molecule has 1 aliphatic heterocycles. The molecule has 3 aliphatic rings. The Kier molecular flexibility index (Phi) is 7.12. The minimum Gasteiger partial charge on any atom is -0.369 e. The van der Waals surface area contributed by atoms with E-state index in [1.807, 2.05) is 30.5 Å². The van der Waals surface area contributed by atoms with Crippen LogP contribution in [0.5, 0.6) is 0 Å². The lowest BCUT2D eigenvalue weighted by atomic mass is 9.65. The third kappa shape index (κ3) is 5.80. The SMILES string of the molecule is CC1(C)CC[C@@H](c2nn(-c3ccc(F)cc3)cc2-c2ccc(N3CCS(=O)(=O)CC3)cc2)[C@H](C(=O)NC2(C#N)CC2)C1. The van der Waals surface area contributed by atoms with Crippen molar-refractivity contribution in [3.8, 4) is 22.9 Å². The van der Waals surface area contributed by atoms with Crippen LogP contribution in [0.4, 0.5) is 10.1 Å². The fourth-order valence-electron chi connectivity index (χ4n) is 6.34. The number of nitrogens with zero attached hydrogens (tertiary/aromatic N) is 4. The first kappa shape index (κ1) is 28.4. The molecule has 2 saturated carbocycles. The van der Waals surface area contributed by atoms with Gasteiger partial charge in [-0.15, -0.1) is 0 Å². The Hall–Kier alpha value is -3.71. The van der Waals surface area contributed by atoms with E-state index < -0.39 is 15.4 Å². The Morgan fingerprint density at radius 2 is 1.67 bits per heavy atom. The number of anilines is 1. The maximum Gasteiger partial charge on any atom is 0.225 e. The van der Waals surface area contributed by atoms with Crippen molar-refractivity contribution in [1.82, 2.24) is 15.1 Å². The second-order valence-corrected chi connectivity index (χ2v) is 15.1. The van der Waals surface area contributed by atoms with Gasteiger partial charge in [0.25, 0.3) is 0 Å². The van der Waals surface area contributed by atoms with Gasteiger partial charge in [0.2, 0.25) is 5.91 Å². The average molecular weight is 590 g/mol. The molecule has 1 aromatic heterocycles. The summed E-state index contributed by atoms with van der Waals surface area (Å²) in [6.45, 7) is 5.30. The molecule has 2 heterocycles. The van der Waals surface area contributed by atoms with Crippen molar-refractivity contribution in [2.24, 2.45) is 11.3 Å². The van der Waals surface area contributed by atoms with Gasteiger partial charge in [-0.3, -0.25) is 4.79 Å². The molecule has 1 amide bonds. The van der Waals surface area contributed by atoms with Crippen LogP contribution in [0.25, 0.3) is 16.8 Å². The summed E-state index contributed by atoms with van der Waals surface area (Å²) >= 11 is 0. The fraction of sp³-hybridized carbons (Fsp3) is 0.469. The summed E-state index contributed by atoms with van der Waals surface area (Å²) in [7, 11) is -2.98. The van der Waals surface area contributed by atoms with Gasteiger partial charge in [0.1, 0.15) is 11.4 Å². The third-order valence-corrected chi connectivity index (χ3v) is 10.7. The van der Waals surface area contributed by atoms with Gasteiger partial charge in [-0.2, -0.15) is 10.4 Å². The second-order valence-electron chi connectivity index (χ2n) is 12.8. The van der Waals surface area contributed by atoms with Gasteiger partial charge in [0.05, 0.1) is 29.0 Å². The van der Waals surface area contributed by atoms with E-state index in [1.54, 1.807) is 16.8 Å². The van der Waals surface area contributed by atoms with E-state index in [0.717, 1.165) is 35.3 Å². The molecule has 42 heavy (non-hydrogen) atoms. The highest BCUT2D eigenvalue weighted by Gasteiger charge is 2.48. The van der Waals surface area contributed by atoms with Crippen molar-refractivity contribution in [1.29, 1.82) is 5.26 Å². The molecular weight excluding hydrogens is 553 g/mol. The zero-order valence-corrected chi connectivity index (χ0v) is 24.8. The number of aromatic nitrogens is 2. The summed E-state index contributed by atoms with van der Waals surface area (Å²) in [5, 5.41) is 17.7. The number of hydrogen-bond donors (Lipinski definition) is 1. The normalized spacial score (nSPS) is 24.0. The quantitative estimate of drug-likeness (QED) is 0.434. The van der Waals surface area contributed by atoms with Crippen molar-refractivity contribution in [2.45, 2.75) is 57.4 Å². The Morgan fingerprint density at radius 1 is 1.02 bits per heavy atom. The Balaban J connectivity index is 1.37. The maximum atomic E-state index is 13.7. The van der Waals surface area contributed by atoms with Crippen LogP contribution in [0.1, 0.15) is 57.6 Å². The van der Waals surface area contributed by atoms with E-state index in [2.05, 4.69) is 30.1 Å². The Bertz CT molecular complexity index is 1620. The zero-order valence-electron chi connectivity index (χ0n) is 24.0. The first-order chi connectivity index (χ1) is 20.0. The molecule has 1 saturated heterocycles. The van der Waals surface area contributed by atoms with Gasteiger partial charge >= 0.3 is 0 Å². The molecular formula is C32H36FN5O3S. The first-order valence-electron chi connectivity index (χ1n) is 14.6. The number of sulfone groups is 1.